The van der Waals surface area contributed by atoms with Gasteiger partial charge in [0, 0.05) is 11.3 Å². The Morgan fingerprint density at radius 2 is 1.94 bits per heavy atom. The summed E-state index contributed by atoms with van der Waals surface area (Å²) in [6, 6.07) is 10.9. The van der Waals surface area contributed by atoms with Crippen molar-refractivity contribution < 1.29 is 32.2 Å². The lowest BCUT2D eigenvalue weighted by atomic mass is 10.0. The highest BCUT2D eigenvalue weighted by Crippen LogP contribution is 2.31. The number of nitrogens with zero attached hydrogens (tertiary/aromatic N) is 5. The standard InChI is InChI=1S/C23H19F3N6O3/c1-14-20(21(34-2)28-13-27-14)16-8-6-15(7-9-16)11-32-12-19(35-31-32)30-22(33)29-18-5-3-4-17(10-18)23(24,25)26/h3-10,12-13H,11H2,1-2H3,(H-,29,30,31,33). The van der Waals surface area contributed by atoms with Crippen LogP contribution >= 0.6 is 0 Å². The van der Waals surface area contributed by atoms with Crippen LogP contribution in [0.2, 0.25) is 0 Å². The first-order chi connectivity index (χ1) is 16.7. The quantitative estimate of drug-likeness (QED) is 0.254. The molecule has 0 spiro atoms. The van der Waals surface area contributed by atoms with Gasteiger partial charge in [-0.2, -0.15) is 13.2 Å². The molecule has 180 valence electrons. The predicted molar refractivity (Wildman–Crippen MR) is 117 cm³/mol. The number of benzene rings is 2. The maximum absolute atomic E-state index is 12.8. The molecule has 0 aliphatic carbocycles. The molecule has 12 heteroatoms. The van der Waals surface area contributed by atoms with E-state index >= 15 is 0 Å². The van der Waals surface area contributed by atoms with Crippen LogP contribution in [0, 0.1) is 6.92 Å². The second-order valence-electron chi connectivity index (χ2n) is 7.40. The highest BCUT2D eigenvalue weighted by molar-refractivity contribution is 5.87. The Labute approximate surface area is 197 Å². The molecule has 35 heavy (non-hydrogen) atoms. The van der Waals surface area contributed by atoms with E-state index in [9.17, 15) is 18.3 Å². The highest BCUT2D eigenvalue weighted by atomic mass is 19.4. The summed E-state index contributed by atoms with van der Waals surface area (Å²) in [4.78, 5) is 12.0. The van der Waals surface area contributed by atoms with Gasteiger partial charge in [0.25, 0.3) is 6.20 Å². The van der Waals surface area contributed by atoms with Crippen LogP contribution in [0.5, 0.6) is 5.88 Å². The fourth-order valence-electron chi connectivity index (χ4n) is 3.32. The lowest BCUT2D eigenvalue weighted by Crippen LogP contribution is -2.35. The molecule has 2 aromatic heterocycles. The van der Waals surface area contributed by atoms with Crippen LogP contribution in [-0.2, 0) is 12.7 Å². The molecule has 2 aromatic carbocycles. The van der Waals surface area contributed by atoms with Crippen molar-refractivity contribution in [3.8, 4) is 17.0 Å². The molecule has 0 aliphatic heterocycles. The second-order valence-corrected chi connectivity index (χ2v) is 7.40. The SMILES string of the molecule is COc1ncnc(C)c1-c1ccc(C[n+]2cc(N=C([O-])Nc3cccc(C(F)(F)F)c3)on2)cc1. The maximum Gasteiger partial charge on any atom is 0.416 e. The number of alkyl halides is 3. The zero-order valence-corrected chi connectivity index (χ0v) is 18.6. The Balaban J connectivity index is 1.44. The van der Waals surface area contributed by atoms with E-state index in [1.807, 2.05) is 31.2 Å². The molecule has 0 radical (unpaired) electrons. The summed E-state index contributed by atoms with van der Waals surface area (Å²) < 4.78 is 50.3. The molecule has 0 amide bonds. The molecule has 4 aromatic rings. The number of anilines is 1. The molecule has 0 aliphatic rings. The van der Waals surface area contributed by atoms with Gasteiger partial charge in [-0.3, -0.25) is 4.52 Å². The Bertz CT molecular complexity index is 1350. The van der Waals surface area contributed by atoms with E-state index in [2.05, 4.69) is 25.5 Å². The van der Waals surface area contributed by atoms with Gasteiger partial charge >= 0.3 is 12.1 Å². The summed E-state index contributed by atoms with van der Waals surface area (Å²) in [6.45, 7) is 2.20. The average Bonchev–Trinajstić information content (AvgIpc) is 3.25. The predicted octanol–water partition coefficient (Wildman–Crippen LogP) is 3.26. The van der Waals surface area contributed by atoms with Crippen molar-refractivity contribution in [3.63, 3.8) is 0 Å². The number of aliphatic imine (C=N–C) groups is 1. The number of aryl methyl sites for hydroxylation is 1. The van der Waals surface area contributed by atoms with E-state index in [-0.39, 0.29) is 11.6 Å². The maximum atomic E-state index is 12.8. The van der Waals surface area contributed by atoms with Gasteiger partial charge in [0.2, 0.25) is 17.7 Å². The Morgan fingerprint density at radius 1 is 1.17 bits per heavy atom. The molecule has 1 N–H and O–H groups in total. The number of ether oxygens (including phenoxy) is 1. The van der Waals surface area contributed by atoms with Crippen LogP contribution in [0.25, 0.3) is 11.1 Å². The molecule has 0 saturated heterocycles. The van der Waals surface area contributed by atoms with Crippen molar-refractivity contribution in [2.75, 3.05) is 12.4 Å². The van der Waals surface area contributed by atoms with Crippen LogP contribution in [0.15, 0.2) is 70.6 Å². The average molecular weight is 484 g/mol. The smallest absolute Gasteiger partial charge is 0.416 e. The zero-order valence-electron chi connectivity index (χ0n) is 18.6. The normalized spacial score (nSPS) is 12.0. The van der Waals surface area contributed by atoms with Crippen LogP contribution in [0.1, 0.15) is 16.8 Å². The molecular formula is C23H19F3N6O3. The molecule has 2 heterocycles. The lowest BCUT2D eigenvalue weighted by Gasteiger charge is -2.14. The summed E-state index contributed by atoms with van der Waals surface area (Å²) in [6.07, 6.45) is -1.68. The first kappa shape index (κ1) is 23.7. The van der Waals surface area contributed by atoms with Crippen molar-refractivity contribution in [1.29, 1.82) is 0 Å². The molecule has 0 unspecified atom stereocenters. The van der Waals surface area contributed by atoms with E-state index in [0.717, 1.165) is 34.5 Å². The van der Waals surface area contributed by atoms with Gasteiger partial charge in [0.1, 0.15) is 6.33 Å². The minimum absolute atomic E-state index is 0.0447. The van der Waals surface area contributed by atoms with Gasteiger partial charge in [-0.25, -0.2) is 15.0 Å². The van der Waals surface area contributed by atoms with E-state index in [0.29, 0.717) is 12.4 Å². The third kappa shape index (κ3) is 5.72. The number of aromatic nitrogens is 4. The van der Waals surface area contributed by atoms with Gasteiger partial charge in [-0.15, -0.1) is 0 Å². The van der Waals surface area contributed by atoms with Gasteiger partial charge in [-0.05, 0) is 35.4 Å². The van der Waals surface area contributed by atoms with Crippen molar-refractivity contribution in [3.05, 3.63) is 77.9 Å². The van der Waals surface area contributed by atoms with Crippen LogP contribution in [0.3, 0.4) is 0 Å². The minimum Gasteiger partial charge on any atom is -0.846 e. The Kier molecular flexibility index (Phi) is 6.62. The highest BCUT2D eigenvalue weighted by Gasteiger charge is 2.30. The first-order valence-corrected chi connectivity index (χ1v) is 10.2. The van der Waals surface area contributed by atoms with Crippen LogP contribution in [-0.4, -0.2) is 28.4 Å². The van der Waals surface area contributed by atoms with E-state index in [4.69, 9.17) is 9.26 Å². The first-order valence-electron chi connectivity index (χ1n) is 10.2. The molecule has 4 rings (SSSR count). The Morgan fingerprint density at radius 3 is 2.66 bits per heavy atom. The van der Waals surface area contributed by atoms with Crippen molar-refractivity contribution in [2.45, 2.75) is 19.6 Å². The molecule has 0 fully saturated rings. The molecule has 0 bridgehead atoms. The summed E-state index contributed by atoms with van der Waals surface area (Å²) in [7, 11) is 1.55. The van der Waals surface area contributed by atoms with Crippen LogP contribution in [0.4, 0.5) is 24.7 Å². The molecule has 0 saturated carbocycles. The second kappa shape index (κ2) is 9.79. The lowest BCUT2D eigenvalue weighted by molar-refractivity contribution is -0.754. The summed E-state index contributed by atoms with van der Waals surface area (Å²) >= 11 is 0. The fraction of sp³-hybridized carbons (Fsp3) is 0.174. The fourth-order valence-corrected chi connectivity index (χ4v) is 3.32. The third-order valence-electron chi connectivity index (χ3n) is 4.93. The topological polar surface area (TPSA) is 112 Å². The van der Waals surface area contributed by atoms with Gasteiger partial charge < -0.3 is 15.2 Å². The largest absolute Gasteiger partial charge is 0.846 e. The molecule has 0 atom stereocenters. The number of amidine groups is 1. The number of nitrogens with one attached hydrogen (secondary N) is 1. The van der Waals surface area contributed by atoms with Crippen LogP contribution < -0.4 is 19.8 Å². The number of hydrogen-bond donors (Lipinski definition) is 1. The molecule has 9 nitrogen and oxygen atoms in total. The van der Waals surface area contributed by atoms with Crippen molar-refractivity contribution >= 4 is 17.6 Å². The van der Waals surface area contributed by atoms with E-state index in [1.54, 1.807) is 7.11 Å². The minimum atomic E-state index is -4.52. The summed E-state index contributed by atoms with van der Waals surface area (Å²) in [5.74, 6) is 0.374. The zero-order chi connectivity index (χ0) is 25.0. The number of rotatable bonds is 6. The van der Waals surface area contributed by atoms with Gasteiger partial charge in [0.15, 0.2) is 0 Å². The van der Waals surface area contributed by atoms with Gasteiger partial charge in [-0.1, -0.05) is 30.3 Å². The Hall–Kier alpha value is -4.48. The molecular weight excluding hydrogens is 465 g/mol. The van der Waals surface area contributed by atoms with Crippen molar-refractivity contribution in [2.24, 2.45) is 4.99 Å². The van der Waals surface area contributed by atoms with Gasteiger partial charge in [0.05, 0.1) is 30.0 Å². The monoisotopic (exact) mass is 484 g/mol. The van der Waals surface area contributed by atoms with E-state index in [1.165, 1.54) is 29.3 Å². The number of hydrogen-bond acceptors (Lipinski definition) is 7. The third-order valence-corrected chi connectivity index (χ3v) is 4.93. The summed E-state index contributed by atoms with van der Waals surface area (Å²) in [5, 5.41) is 18.2. The summed E-state index contributed by atoms with van der Waals surface area (Å²) in [5.41, 5.74) is 2.42. The van der Waals surface area contributed by atoms with Crippen molar-refractivity contribution in [1.82, 2.24) is 15.2 Å². The van der Waals surface area contributed by atoms with E-state index < -0.39 is 17.8 Å². The number of halogens is 3. The number of methoxy groups -OCH3 is 1.